The Morgan fingerprint density at radius 3 is 2.96 bits per heavy atom. The first-order valence-corrected chi connectivity index (χ1v) is 8.00. The molecule has 0 radical (unpaired) electrons. The van der Waals surface area contributed by atoms with E-state index in [2.05, 4.69) is 25.4 Å². The molecule has 0 amide bonds. The molecule has 0 bridgehead atoms. The zero-order valence-corrected chi connectivity index (χ0v) is 13.4. The second kappa shape index (κ2) is 5.17. The lowest BCUT2D eigenvalue weighted by Gasteiger charge is -2.08. The lowest BCUT2D eigenvalue weighted by Crippen LogP contribution is -2.15. The second-order valence-electron chi connectivity index (χ2n) is 5.34. The van der Waals surface area contributed by atoms with Crippen molar-refractivity contribution in [1.82, 2.24) is 24.6 Å². The van der Waals surface area contributed by atoms with Crippen LogP contribution in [0.4, 0.5) is 5.13 Å². The van der Waals surface area contributed by atoms with Gasteiger partial charge in [-0.05, 0) is 26.0 Å². The quantitative estimate of drug-likeness (QED) is 0.604. The largest absolute Gasteiger partial charge is 0.350 e. The number of hydrogen-bond acceptors (Lipinski definition) is 6. The summed E-state index contributed by atoms with van der Waals surface area (Å²) in [7, 11) is 0. The van der Waals surface area contributed by atoms with Crippen LogP contribution in [0.25, 0.3) is 16.0 Å². The van der Waals surface area contributed by atoms with Crippen LogP contribution in [0.2, 0.25) is 0 Å². The van der Waals surface area contributed by atoms with Crippen molar-refractivity contribution in [2.45, 2.75) is 19.9 Å². The third-order valence-electron chi connectivity index (χ3n) is 3.53. The average molecular weight is 326 g/mol. The van der Waals surface area contributed by atoms with Gasteiger partial charge in [0.15, 0.2) is 0 Å². The zero-order chi connectivity index (χ0) is 16.0. The summed E-state index contributed by atoms with van der Waals surface area (Å²) in [5.74, 6) is 0.821. The molecule has 0 spiro atoms. The van der Waals surface area contributed by atoms with E-state index in [1.165, 1.54) is 21.9 Å². The van der Waals surface area contributed by atoms with Crippen molar-refractivity contribution in [3.63, 3.8) is 0 Å². The fraction of sp³-hybridized carbons (Fsp3) is 0.200. The number of fused-ring (bicyclic) bond motifs is 2. The number of para-hydroxylation sites is 2. The molecule has 0 saturated carbocycles. The van der Waals surface area contributed by atoms with E-state index in [9.17, 15) is 4.79 Å². The number of nitrogens with zero attached hydrogens (tertiary/aromatic N) is 4. The van der Waals surface area contributed by atoms with E-state index < -0.39 is 0 Å². The van der Waals surface area contributed by atoms with Gasteiger partial charge in [-0.1, -0.05) is 23.5 Å². The van der Waals surface area contributed by atoms with Crippen molar-refractivity contribution in [3.05, 3.63) is 52.2 Å². The lowest BCUT2D eigenvalue weighted by molar-refractivity contribution is 0.799. The lowest BCUT2D eigenvalue weighted by atomic mass is 10.3. The molecule has 0 saturated heterocycles. The number of aromatic amines is 1. The monoisotopic (exact) mass is 326 g/mol. The van der Waals surface area contributed by atoms with Gasteiger partial charge in [0, 0.05) is 11.8 Å². The molecule has 2 N–H and O–H groups in total. The van der Waals surface area contributed by atoms with E-state index in [1.54, 1.807) is 6.92 Å². The SMILES string of the molecule is Cc1cc(=O)n2nc(N[C@@H](C)c3nc4ccccc4[nH]3)sc2n1. The minimum Gasteiger partial charge on any atom is -0.350 e. The summed E-state index contributed by atoms with van der Waals surface area (Å²) < 4.78 is 1.31. The van der Waals surface area contributed by atoms with Gasteiger partial charge in [-0.15, -0.1) is 5.10 Å². The molecule has 4 aromatic rings. The standard InChI is InChI=1S/C15H14N6OS/c1-8-7-12(22)21-15(16-8)23-14(20-21)17-9(2)13-18-10-5-3-4-6-11(10)19-13/h3-7,9H,1-2H3,(H,17,20)(H,18,19)/t9-/m0/s1. The van der Waals surface area contributed by atoms with Crippen molar-refractivity contribution in [3.8, 4) is 0 Å². The molecule has 116 valence electrons. The van der Waals surface area contributed by atoms with Gasteiger partial charge in [0.1, 0.15) is 5.82 Å². The molecule has 7 nitrogen and oxygen atoms in total. The van der Waals surface area contributed by atoms with Crippen LogP contribution < -0.4 is 10.9 Å². The predicted molar refractivity (Wildman–Crippen MR) is 90.0 cm³/mol. The molecular weight excluding hydrogens is 312 g/mol. The van der Waals surface area contributed by atoms with Crippen molar-refractivity contribution < 1.29 is 0 Å². The van der Waals surface area contributed by atoms with Crippen LogP contribution >= 0.6 is 11.3 Å². The molecule has 0 aliphatic heterocycles. The maximum atomic E-state index is 11.9. The molecule has 0 aliphatic rings. The summed E-state index contributed by atoms with van der Waals surface area (Å²) in [5, 5.41) is 8.18. The molecule has 1 atom stereocenters. The Kier molecular flexibility index (Phi) is 3.12. The number of rotatable bonds is 3. The number of benzene rings is 1. The van der Waals surface area contributed by atoms with Gasteiger partial charge in [0.05, 0.1) is 17.1 Å². The van der Waals surface area contributed by atoms with Crippen LogP contribution in [0.15, 0.2) is 35.1 Å². The smallest absolute Gasteiger partial charge is 0.275 e. The Morgan fingerprint density at radius 1 is 1.30 bits per heavy atom. The Hall–Kier alpha value is -2.74. The highest BCUT2D eigenvalue weighted by atomic mass is 32.1. The molecule has 4 rings (SSSR count). The Bertz CT molecular complexity index is 1030. The number of aryl methyl sites for hydroxylation is 1. The third-order valence-corrected chi connectivity index (χ3v) is 4.37. The van der Waals surface area contributed by atoms with Crippen molar-refractivity contribution in [2.75, 3.05) is 5.32 Å². The maximum Gasteiger partial charge on any atom is 0.275 e. The molecule has 0 fully saturated rings. The molecule has 3 heterocycles. The number of nitrogens with one attached hydrogen (secondary N) is 2. The predicted octanol–water partition coefficient (Wildman–Crippen LogP) is 2.51. The van der Waals surface area contributed by atoms with Crippen LogP contribution in [0.5, 0.6) is 0 Å². The molecule has 23 heavy (non-hydrogen) atoms. The van der Waals surface area contributed by atoms with Crippen LogP contribution in [0.1, 0.15) is 24.5 Å². The first-order chi connectivity index (χ1) is 11.1. The van der Waals surface area contributed by atoms with Gasteiger partial charge in [0.2, 0.25) is 10.1 Å². The highest BCUT2D eigenvalue weighted by molar-refractivity contribution is 7.20. The minimum atomic E-state index is -0.173. The van der Waals surface area contributed by atoms with Crippen molar-refractivity contribution in [1.29, 1.82) is 0 Å². The van der Waals surface area contributed by atoms with Crippen LogP contribution in [-0.4, -0.2) is 24.6 Å². The molecular formula is C15H14N6OS. The van der Waals surface area contributed by atoms with E-state index in [0.29, 0.717) is 15.8 Å². The zero-order valence-electron chi connectivity index (χ0n) is 12.6. The Morgan fingerprint density at radius 2 is 2.13 bits per heavy atom. The first-order valence-electron chi connectivity index (χ1n) is 7.19. The van der Waals surface area contributed by atoms with E-state index in [1.807, 2.05) is 31.2 Å². The number of anilines is 1. The molecule has 0 unspecified atom stereocenters. The second-order valence-corrected chi connectivity index (χ2v) is 6.30. The normalized spacial score (nSPS) is 12.8. The fourth-order valence-electron chi connectivity index (χ4n) is 2.41. The molecule has 0 aliphatic carbocycles. The van der Waals surface area contributed by atoms with Gasteiger partial charge in [0.25, 0.3) is 5.56 Å². The van der Waals surface area contributed by atoms with Crippen LogP contribution in [-0.2, 0) is 0 Å². The van der Waals surface area contributed by atoms with E-state index >= 15 is 0 Å². The third kappa shape index (κ3) is 2.46. The Balaban J connectivity index is 1.66. The van der Waals surface area contributed by atoms with Gasteiger partial charge in [-0.3, -0.25) is 4.79 Å². The van der Waals surface area contributed by atoms with Gasteiger partial charge in [-0.2, -0.15) is 4.52 Å². The average Bonchev–Trinajstić information content (AvgIpc) is 3.10. The topological polar surface area (TPSA) is 88.0 Å². The Labute approximate surface area is 135 Å². The summed E-state index contributed by atoms with van der Waals surface area (Å²) in [6.07, 6.45) is 0. The highest BCUT2D eigenvalue weighted by Gasteiger charge is 2.14. The van der Waals surface area contributed by atoms with Gasteiger partial charge >= 0.3 is 0 Å². The summed E-state index contributed by atoms with van der Waals surface area (Å²) >= 11 is 1.34. The highest BCUT2D eigenvalue weighted by Crippen LogP contribution is 2.23. The number of H-pyrrole nitrogens is 1. The summed E-state index contributed by atoms with van der Waals surface area (Å²) in [4.78, 5) is 24.7. The summed E-state index contributed by atoms with van der Waals surface area (Å²) in [6, 6.07) is 9.28. The van der Waals surface area contributed by atoms with Crippen molar-refractivity contribution >= 4 is 32.5 Å². The van der Waals surface area contributed by atoms with E-state index in [4.69, 9.17) is 0 Å². The van der Waals surface area contributed by atoms with E-state index in [-0.39, 0.29) is 11.6 Å². The molecule has 1 aromatic carbocycles. The van der Waals surface area contributed by atoms with Gasteiger partial charge < -0.3 is 10.3 Å². The summed E-state index contributed by atoms with van der Waals surface area (Å²) in [6.45, 7) is 3.79. The van der Waals surface area contributed by atoms with E-state index in [0.717, 1.165) is 16.9 Å². The number of hydrogen-bond donors (Lipinski definition) is 2. The maximum absolute atomic E-state index is 11.9. The number of aromatic nitrogens is 5. The van der Waals surface area contributed by atoms with Crippen molar-refractivity contribution in [2.24, 2.45) is 0 Å². The molecule has 3 aromatic heterocycles. The minimum absolute atomic E-state index is 0.0697. The summed E-state index contributed by atoms with van der Waals surface area (Å²) in [5.41, 5.74) is 2.44. The molecule has 8 heteroatoms. The van der Waals surface area contributed by atoms with Crippen LogP contribution in [0, 0.1) is 6.92 Å². The van der Waals surface area contributed by atoms with Crippen LogP contribution in [0.3, 0.4) is 0 Å². The fourth-order valence-corrected chi connectivity index (χ4v) is 3.35. The first kappa shape index (κ1) is 13.9. The number of imidazole rings is 1. The van der Waals surface area contributed by atoms with Gasteiger partial charge in [-0.25, -0.2) is 9.97 Å².